The highest BCUT2D eigenvalue weighted by Crippen LogP contribution is 2.26. The van der Waals surface area contributed by atoms with E-state index in [4.69, 9.17) is 4.74 Å². The minimum atomic E-state index is -0.429. The zero-order chi connectivity index (χ0) is 14.4. The summed E-state index contributed by atoms with van der Waals surface area (Å²) < 4.78 is 5.46. The molecule has 0 saturated heterocycles. The lowest BCUT2D eigenvalue weighted by Crippen LogP contribution is -2.01. The van der Waals surface area contributed by atoms with Crippen molar-refractivity contribution >= 4 is 11.4 Å². The number of hydrogen-bond donors (Lipinski definition) is 2. The SMILES string of the molecule is CCCOc1cc(NCc2cn[nH]c2)cc([N+](=O)[O-])c1. The molecule has 106 valence electrons. The molecule has 0 spiro atoms. The van der Waals surface area contributed by atoms with Crippen LogP contribution in [0, 0.1) is 10.1 Å². The summed E-state index contributed by atoms with van der Waals surface area (Å²) in [6.07, 6.45) is 4.30. The van der Waals surface area contributed by atoms with Gasteiger partial charge in [-0.15, -0.1) is 0 Å². The average Bonchev–Trinajstić information content (AvgIpc) is 2.96. The van der Waals surface area contributed by atoms with Crippen molar-refractivity contribution < 1.29 is 9.66 Å². The number of nitro benzene ring substituents is 1. The first-order chi connectivity index (χ1) is 9.69. The van der Waals surface area contributed by atoms with Crippen LogP contribution in [0.5, 0.6) is 5.75 Å². The summed E-state index contributed by atoms with van der Waals surface area (Å²) >= 11 is 0. The van der Waals surface area contributed by atoms with E-state index in [-0.39, 0.29) is 5.69 Å². The minimum Gasteiger partial charge on any atom is -0.493 e. The fourth-order valence-electron chi connectivity index (χ4n) is 1.67. The van der Waals surface area contributed by atoms with E-state index in [9.17, 15) is 10.1 Å². The third kappa shape index (κ3) is 3.71. The number of aromatic amines is 1. The predicted octanol–water partition coefficient (Wildman–Crippen LogP) is 2.72. The van der Waals surface area contributed by atoms with Gasteiger partial charge in [0.25, 0.3) is 5.69 Å². The van der Waals surface area contributed by atoms with Gasteiger partial charge in [-0.1, -0.05) is 6.92 Å². The van der Waals surface area contributed by atoms with Crippen LogP contribution in [0.4, 0.5) is 11.4 Å². The molecule has 1 aromatic carbocycles. The molecule has 0 aliphatic rings. The zero-order valence-electron chi connectivity index (χ0n) is 11.1. The Morgan fingerprint density at radius 1 is 1.45 bits per heavy atom. The molecular weight excluding hydrogens is 260 g/mol. The lowest BCUT2D eigenvalue weighted by atomic mass is 10.2. The van der Waals surface area contributed by atoms with Gasteiger partial charge in [0, 0.05) is 36.1 Å². The number of benzene rings is 1. The molecule has 0 fully saturated rings. The summed E-state index contributed by atoms with van der Waals surface area (Å²) in [5.74, 6) is 0.496. The van der Waals surface area contributed by atoms with Gasteiger partial charge >= 0.3 is 0 Å². The Morgan fingerprint density at radius 3 is 2.95 bits per heavy atom. The van der Waals surface area contributed by atoms with E-state index in [1.807, 2.05) is 6.92 Å². The maximum Gasteiger partial charge on any atom is 0.275 e. The molecule has 0 aliphatic heterocycles. The quantitative estimate of drug-likeness (QED) is 0.599. The van der Waals surface area contributed by atoms with Gasteiger partial charge in [-0.05, 0) is 6.42 Å². The van der Waals surface area contributed by atoms with E-state index in [1.165, 1.54) is 12.1 Å². The largest absolute Gasteiger partial charge is 0.493 e. The minimum absolute atomic E-state index is 0.00768. The van der Waals surface area contributed by atoms with Crippen LogP contribution in [-0.4, -0.2) is 21.7 Å². The second-order valence-electron chi connectivity index (χ2n) is 4.28. The molecule has 0 amide bonds. The summed E-state index contributed by atoms with van der Waals surface area (Å²) in [7, 11) is 0. The fraction of sp³-hybridized carbons (Fsp3) is 0.308. The molecule has 0 bridgehead atoms. The first-order valence-electron chi connectivity index (χ1n) is 6.33. The Balaban J connectivity index is 2.13. The highest BCUT2D eigenvalue weighted by molar-refractivity contribution is 5.56. The standard InChI is InChI=1S/C13H16N4O3/c1-2-3-20-13-5-11(4-12(6-13)17(18)19)14-7-10-8-15-16-9-10/h4-6,8-9,14H,2-3,7H2,1H3,(H,15,16). The predicted molar refractivity (Wildman–Crippen MR) is 74.8 cm³/mol. The Labute approximate surface area is 116 Å². The zero-order valence-corrected chi connectivity index (χ0v) is 11.1. The summed E-state index contributed by atoms with van der Waals surface area (Å²) in [6.45, 7) is 3.04. The molecule has 1 aromatic heterocycles. The molecule has 7 nitrogen and oxygen atoms in total. The van der Waals surface area contributed by atoms with E-state index in [2.05, 4.69) is 15.5 Å². The number of nitrogens with one attached hydrogen (secondary N) is 2. The van der Waals surface area contributed by atoms with Crippen LogP contribution in [0.2, 0.25) is 0 Å². The highest BCUT2D eigenvalue weighted by Gasteiger charge is 2.10. The van der Waals surface area contributed by atoms with Gasteiger partial charge in [0.1, 0.15) is 5.75 Å². The van der Waals surface area contributed by atoms with Crippen molar-refractivity contribution in [2.75, 3.05) is 11.9 Å². The highest BCUT2D eigenvalue weighted by atomic mass is 16.6. The molecule has 0 aliphatic carbocycles. The summed E-state index contributed by atoms with van der Waals surface area (Å²) in [5.41, 5.74) is 1.62. The van der Waals surface area contributed by atoms with E-state index in [0.717, 1.165) is 12.0 Å². The fourth-order valence-corrected chi connectivity index (χ4v) is 1.67. The third-order valence-corrected chi connectivity index (χ3v) is 2.63. The molecule has 2 rings (SSSR count). The molecule has 2 aromatic rings. The van der Waals surface area contributed by atoms with Gasteiger partial charge < -0.3 is 10.1 Å². The van der Waals surface area contributed by atoms with Gasteiger partial charge in [-0.2, -0.15) is 5.10 Å². The van der Waals surface area contributed by atoms with Crippen molar-refractivity contribution in [1.29, 1.82) is 0 Å². The van der Waals surface area contributed by atoms with Crippen LogP contribution in [0.3, 0.4) is 0 Å². The molecule has 0 unspecified atom stereocenters. The van der Waals surface area contributed by atoms with Crippen LogP contribution in [0.1, 0.15) is 18.9 Å². The first-order valence-corrected chi connectivity index (χ1v) is 6.33. The topological polar surface area (TPSA) is 93.1 Å². The Bertz CT molecular complexity index is 569. The second-order valence-corrected chi connectivity index (χ2v) is 4.28. The second kappa shape index (κ2) is 6.55. The number of nitro groups is 1. The van der Waals surface area contributed by atoms with Crippen molar-refractivity contribution in [3.63, 3.8) is 0 Å². The number of rotatable bonds is 7. The van der Waals surface area contributed by atoms with Gasteiger partial charge in [-0.25, -0.2) is 0 Å². The normalized spacial score (nSPS) is 10.2. The number of nitrogens with zero attached hydrogens (tertiary/aromatic N) is 2. The van der Waals surface area contributed by atoms with Crippen molar-refractivity contribution in [3.05, 3.63) is 46.3 Å². The molecule has 7 heteroatoms. The van der Waals surface area contributed by atoms with Crippen LogP contribution < -0.4 is 10.1 Å². The number of hydrogen-bond acceptors (Lipinski definition) is 5. The lowest BCUT2D eigenvalue weighted by molar-refractivity contribution is -0.384. The Morgan fingerprint density at radius 2 is 2.30 bits per heavy atom. The molecule has 1 heterocycles. The molecule has 20 heavy (non-hydrogen) atoms. The monoisotopic (exact) mass is 276 g/mol. The van der Waals surface area contributed by atoms with E-state index in [0.29, 0.717) is 24.6 Å². The maximum atomic E-state index is 10.9. The van der Waals surface area contributed by atoms with Gasteiger partial charge in [0.15, 0.2) is 0 Å². The third-order valence-electron chi connectivity index (χ3n) is 2.63. The van der Waals surface area contributed by atoms with Crippen molar-refractivity contribution in [2.24, 2.45) is 0 Å². The van der Waals surface area contributed by atoms with Crippen LogP contribution >= 0.6 is 0 Å². The Hall–Kier alpha value is -2.57. The van der Waals surface area contributed by atoms with Gasteiger partial charge in [0.2, 0.25) is 0 Å². The van der Waals surface area contributed by atoms with Crippen molar-refractivity contribution in [1.82, 2.24) is 10.2 Å². The van der Waals surface area contributed by atoms with E-state index < -0.39 is 4.92 Å². The molecule has 2 N–H and O–H groups in total. The molecule has 0 radical (unpaired) electrons. The number of aromatic nitrogens is 2. The molecule has 0 atom stereocenters. The van der Waals surface area contributed by atoms with E-state index in [1.54, 1.807) is 18.5 Å². The Kier molecular flexibility index (Phi) is 4.54. The van der Waals surface area contributed by atoms with Crippen LogP contribution in [0.15, 0.2) is 30.6 Å². The summed E-state index contributed by atoms with van der Waals surface area (Å²) in [4.78, 5) is 10.5. The smallest absolute Gasteiger partial charge is 0.275 e. The van der Waals surface area contributed by atoms with E-state index >= 15 is 0 Å². The summed E-state index contributed by atoms with van der Waals surface area (Å²) in [6, 6.07) is 4.67. The first kappa shape index (κ1) is 13.9. The van der Waals surface area contributed by atoms with Gasteiger partial charge in [0.05, 0.1) is 23.8 Å². The lowest BCUT2D eigenvalue weighted by Gasteiger charge is -2.09. The van der Waals surface area contributed by atoms with Crippen molar-refractivity contribution in [3.8, 4) is 5.75 Å². The molecular formula is C13H16N4O3. The number of ether oxygens (including phenoxy) is 1. The van der Waals surface area contributed by atoms with Gasteiger partial charge in [-0.3, -0.25) is 15.2 Å². The molecule has 0 saturated carbocycles. The van der Waals surface area contributed by atoms with Crippen molar-refractivity contribution in [2.45, 2.75) is 19.9 Å². The number of non-ortho nitro benzene ring substituents is 1. The maximum absolute atomic E-state index is 10.9. The number of anilines is 1. The summed E-state index contributed by atoms with van der Waals surface area (Å²) in [5, 5.41) is 20.6. The van der Waals surface area contributed by atoms with Crippen LogP contribution in [-0.2, 0) is 6.54 Å². The average molecular weight is 276 g/mol. The van der Waals surface area contributed by atoms with Crippen LogP contribution in [0.25, 0.3) is 0 Å². The number of H-pyrrole nitrogens is 1.